The van der Waals surface area contributed by atoms with E-state index in [0.29, 0.717) is 24.1 Å². The topological polar surface area (TPSA) is 73.0 Å². The lowest BCUT2D eigenvalue weighted by Gasteiger charge is -2.21. The molecule has 30 heavy (non-hydrogen) atoms. The summed E-state index contributed by atoms with van der Waals surface area (Å²) in [7, 11) is 0. The minimum atomic E-state index is 0.00928. The zero-order valence-corrected chi connectivity index (χ0v) is 18.3. The van der Waals surface area contributed by atoms with E-state index in [2.05, 4.69) is 46.1 Å². The average Bonchev–Trinajstić information content (AvgIpc) is 3.30. The largest absolute Gasteiger partial charge is 0.467 e. The second-order valence-corrected chi connectivity index (χ2v) is 9.17. The van der Waals surface area contributed by atoms with Crippen LogP contribution in [0.25, 0.3) is 0 Å². The van der Waals surface area contributed by atoms with Crippen molar-refractivity contribution in [3.63, 3.8) is 0 Å². The van der Waals surface area contributed by atoms with Gasteiger partial charge in [-0.1, -0.05) is 55.9 Å². The van der Waals surface area contributed by atoms with E-state index >= 15 is 0 Å². The van der Waals surface area contributed by atoms with Gasteiger partial charge in [-0.25, -0.2) is 0 Å². The normalized spacial score (nSPS) is 14.8. The van der Waals surface area contributed by atoms with E-state index in [1.165, 1.54) is 11.8 Å². The van der Waals surface area contributed by atoms with Crippen LogP contribution < -0.4 is 5.32 Å². The van der Waals surface area contributed by atoms with Crippen LogP contribution in [0.2, 0.25) is 0 Å². The van der Waals surface area contributed by atoms with Gasteiger partial charge in [-0.05, 0) is 42.9 Å². The Balaban J connectivity index is 1.42. The maximum Gasteiger partial charge on any atom is 0.230 e. The molecule has 1 amide bonds. The van der Waals surface area contributed by atoms with Gasteiger partial charge in [0.25, 0.3) is 0 Å². The molecule has 1 unspecified atom stereocenters. The minimum Gasteiger partial charge on any atom is -0.467 e. The molecule has 7 heteroatoms. The standard InChI is InChI=1S/C23H28N4O2S/c1-16(2)13-20(17-7-4-3-5-8-17)24-21(28)15-30-23-26-25-22(18-10-11-18)27(23)14-19-9-6-12-29-19/h3-9,12,16,18,20H,10-11,13-15H2,1-2H3,(H,24,28). The lowest BCUT2D eigenvalue weighted by Crippen LogP contribution is -2.31. The van der Waals surface area contributed by atoms with Gasteiger partial charge in [-0.15, -0.1) is 10.2 Å². The van der Waals surface area contributed by atoms with Crippen molar-refractivity contribution < 1.29 is 9.21 Å². The fourth-order valence-electron chi connectivity index (χ4n) is 3.56. The van der Waals surface area contributed by atoms with E-state index in [1.807, 2.05) is 30.3 Å². The maximum absolute atomic E-state index is 12.8. The van der Waals surface area contributed by atoms with E-state index in [0.717, 1.165) is 41.6 Å². The van der Waals surface area contributed by atoms with Gasteiger partial charge < -0.3 is 9.73 Å². The van der Waals surface area contributed by atoms with E-state index in [9.17, 15) is 4.79 Å². The molecule has 1 atom stereocenters. The zero-order valence-electron chi connectivity index (χ0n) is 17.5. The van der Waals surface area contributed by atoms with Crippen molar-refractivity contribution in [2.75, 3.05) is 5.75 Å². The first-order chi connectivity index (χ1) is 14.6. The van der Waals surface area contributed by atoms with Crippen LogP contribution in [0.5, 0.6) is 0 Å². The number of rotatable bonds is 10. The third-order valence-corrected chi connectivity index (χ3v) is 6.13. The summed E-state index contributed by atoms with van der Waals surface area (Å²) in [6.45, 7) is 4.94. The predicted octanol–water partition coefficient (Wildman–Crippen LogP) is 4.79. The highest BCUT2D eigenvalue weighted by atomic mass is 32.2. The van der Waals surface area contributed by atoms with Gasteiger partial charge in [-0.2, -0.15) is 0 Å². The molecule has 2 heterocycles. The molecule has 1 aromatic carbocycles. The first-order valence-electron chi connectivity index (χ1n) is 10.5. The van der Waals surface area contributed by atoms with Crippen molar-refractivity contribution >= 4 is 17.7 Å². The molecule has 1 fully saturated rings. The molecule has 3 aromatic rings. The molecular formula is C23H28N4O2S. The number of nitrogens with zero attached hydrogens (tertiary/aromatic N) is 3. The van der Waals surface area contributed by atoms with Crippen molar-refractivity contribution in [1.82, 2.24) is 20.1 Å². The van der Waals surface area contributed by atoms with Crippen LogP contribution in [-0.4, -0.2) is 26.4 Å². The van der Waals surface area contributed by atoms with Gasteiger partial charge in [0.05, 0.1) is 24.6 Å². The SMILES string of the molecule is CC(C)CC(NC(=O)CSc1nnc(C2CC2)n1Cc1ccco1)c1ccccc1. The quantitative estimate of drug-likeness (QED) is 0.474. The Morgan fingerprint density at radius 3 is 2.67 bits per heavy atom. The zero-order chi connectivity index (χ0) is 20.9. The number of nitrogens with one attached hydrogen (secondary N) is 1. The summed E-state index contributed by atoms with van der Waals surface area (Å²) < 4.78 is 7.61. The molecule has 1 aliphatic rings. The molecule has 158 valence electrons. The van der Waals surface area contributed by atoms with Crippen LogP contribution in [0, 0.1) is 5.92 Å². The number of furan rings is 1. The van der Waals surface area contributed by atoms with Crippen LogP contribution in [0.15, 0.2) is 58.3 Å². The monoisotopic (exact) mass is 424 g/mol. The smallest absolute Gasteiger partial charge is 0.230 e. The predicted molar refractivity (Wildman–Crippen MR) is 117 cm³/mol. The third kappa shape index (κ3) is 5.33. The molecule has 0 saturated heterocycles. The number of hydrogen-bond acceptors (Lipinski definition) is 5. The maximum atomic E-state index is 12.8. The molecule has 6 nitrogen and oxygen atoms in total. The Morgan fingerprint density at radius 1 is 1.20 bits per heavy atom. The van der Waals surface area contributed by atoms with E-state index in [1.54, 1.807) is 6.26 Å². The highest BCUT2D eigenvalue weighted by molar-refractivity contribution is 7.99. The Bertz CT molecular complexity index is 949. The van der Waals surface area contributed by atoms with Gasteiger partial charge in [0, 0.05) is 5.92 Å². The fourth-order valence-corrected chi connectivity index (χ4v) is 4.31. The average molecular weight is 425 g/mol. The number of carbonyl (C=O) groups is 1. The number of aromatic nitrogens is 3. The van der Waals surface area contributed by atoms with Crippen LogP contribution in [0.3, 0.4) is 0 Å². The van der Waals surface area contributed by atoms with Gasteiger partial charge in [0.15, 0.2) is 5.16 Å². The summed E-state index contributed by atoms with van der Waals surface area (Å²) in [5.74, 6) is 3.14. The number of benzene rings is 1. The summed E-state index contributed by atoms with van der Waals surface area (Å²) >= 11 is 1.43. The third-order valence-electron chi connectivity index (χ3n) is 5.16. The Labute approximate surface area is 181 Å². The Morgan fingerprint density at radius 2 is 2.00 bits per heavy atom. The summed E-state index contributed by atoms with van der Waals surface area (Å²) in [6, 6.07) is 14.0. The van der Waals surface area contributed by atoms with Gasteiger partial charge >= 0.3 is 0 Å². The van der Waals surface area contributed by atoms with Crippen molar-refractivity contribution in [1.29, 1.82) is 0 Å². The molecule has 1 aliphatic carbocycles. The van der Waals surface area contributed by atoms with Crippen molar-refractivity contribution in [3.8, 4) is 0 Å². The first-order valence-corrected chi connectivity index (χ1v) is 11.5. The molecule has 0 bridgehead atoms. The lowest BCUT2D eigenvalue weighted by atomic mass is 9.97. The fraction of sp³-hybridized carbons (Fsp3) is 0.435. The van der Waals surface area contributed by atoms with Crippen LogP contribution in [0.1, 0.15) is 62.2 Å². The molecular weight excluding hydrogens is 396 g/mol. The van der Waals surface area contributed by atoms with Crippen LogP contribution >= 0.6 is 11.8 Å². The van der Waals surface area contributed by atoms with Crippen molar-refractivity contribution in [2.45, 2.75) is 56.8 Å². The first kappa shape index (κ1) is 20.7. The van der Waals surface area contributed by atoms with Gasteiger partial charge in [-0.3, -0.25) is 9.36 Å². The summed E-state index contributed by atoms with van der Waals surface area (Å²) in [4.78, 5) is 12.8. The second-order valence-electron chi connectivity index (χ2n) is 8.23. The van der Waals surface area contributed by atoms with Crippen molar-refractivity contribution in [3.05, 3.63) is 65.9 Å². The molecule has 1 N–H and O–H groups in total. The summed E-state index contributed by atoms with van der Waals surface area (Å²) in [6.07, 6.45) is 4.88. The number of carbonyl (C=O) groups excluding carboxylic acids is 1. The molecule has 1 saturated carbocycles. The molecule has 4 rings (SSSR count). The number of thioether (sulfide) groups is 1. The van der Waals surface area contributed by atoms with E-state index < -0.39 is 0 Å². The Hall–Kier alpha value is -2.54. The van der Waals surface area contributed by atoms with Crippen molar-refractivity contribution in [2.24, 2.45) is 5.92 Å². The van der Waals surface area contributed by atoms with Crippen LogP contribution in [0.4, 0.5) is 0 Å². The minimum absolute atomic E-state index is 0.00928. The van der Waals surface area contributed by atoms with Gasteiger partial charge in [0.2, 0.25) is 5.91 Å². The number of hydrogen-bond donors (Lipinski definition) is 1. The molecule has 0 aliphatic heterocycles. The highest BCUT2D eigenvalue weighted by Gasteiger charge is 2.31. The summed E-state index contributed by atoms with van der Waals surface area (Å²) in [5, 5.41) is 12.7. The highest BCUT2D eigenvalue weighted by Crippen LogP contribution is 2.40. The Kier molecular flexibility index (Phi) is 6.57. The van der Waals surface area contributed by atoms with Crippen LogP contribution in [-0.2, 0) is 11.3 Å². The van der Waals surface area contributed by atoms with E-state index in [4.69, 9.17) is 4.42 Å². The number of amides is 1. The molecule has 0 radical (unpaired) electrons. The van der Waals surface area contributed by atoms with Gasteiger partial charge in [0.1, 0.15) is 11.6 Å². The molecule has 2 aromatic heterocycles. The second kappa shape index (κ2) is 9.51. The lowest BCUT2D eigenvalue weighted by molar-refractivity contribution is -0.119. The van der Waals surface area contributed by atoms with E-state index in [-0.39, 0.29) is 11.9 Å². The summed E-state index contributed by atoms with van der Waals surface area (Å²) in [5.41, 5.74) is 1.14. The molecule has 0 spiro atoms.